The van der Waals surface area contributed by atoms with Crippen LogP contribution < -0.4 is 15.4 Å². The highest BCUT2D eigenvalue weighted by molar-refractivity contribution is 6.11. The van der Waals surface area contributed by atoms with Gasteiger partial charge in [-0.3, -0.25) is 9.59 Å². The number of aryl methyl sites for hydroxylation is 2. The quantitative estimate of drug-likeness (QED) is 0.200. The first-order chi connectivity index (χ1) is 20.1. The van der Waals surface area contributed by atoms with E-state index in [0.717, 1.165) is 17.2 Å². The molecule has 0 bridgehead atoms. The van der Waals surface area contributed by atoms with Crippen molar-refractivity contribution < 1.29 is 28.2 Å². The minimum Gasteiger partial charge on any atom is -0.497 e. The molecule has 0 spiro atoms. The lowest BCUT2D eigenvalue weighted by molar-refractivity contribution is 0.0829. The lowest BCUT2D eigenvalue weighted by Gasteiger charge is -2.25. The summed E-state index contributed by atoms with van der Waals surface area (Å²) in [6.45, 7) is 4.15. The highest BCUT2D eigenvalue weighted by Crippen LogP contribution is 2.19. The van der Waals surface area contributed by atoms with Gasteiger partial charge in [-0.2, -0.15) is 0 Å². The molecular weight excluding hydrogens is 538 g/mol. The smallest absolute Gasteiger partial charge is 0.251 e. The van der Waals surface area contributed by atoms with Gasteiger partial charge in [0.1, 0.15) is 17.4 Å². The van der Waals surface area contributed by atoms with Crippen molar-refractivity contribution in [2.45, 2.75) is 39.0 Å². The van der Waals surface area contributed by atoms with Crippen molar-refractivity contribution in [3.8, 4) is 5.75 Å². The number of aliphatic hydroxyl groups is 1. The summed E-state index contributed by atoms with van der Waals surface area (Å²) in [5, 5.41) is 17.1. The van der Waals surface area contributed by atoms with Crippen molar-refractivity contribution >= 4 is 11.7 Å². The van der Waals surface area contributed by atoms with Gasteiger partial charge in [0, 0.05) is 35.8 Å². The van der Waals surface area contributed by atoms with E-state index in [1.165, 1.54) is 18.2 Å². The van der Waals surface area contributed by atoms with Crippen molar-refractivity contribution in [2.75, 3.05) is 13.7 Å². The molecule has 0 aliphatic rings. The summed E-state index contributed by atoms with van der Waals surface area (Å²) in [6, 6.07) is 21.8. The number of amides is 1. The lowest BCUT2D eigenvalue weighted by Crippen LogP contribution is -2.48. The number of hydrogen-bond donors (Lipinski definition) is 3. The number of benzene rings is 4. The third-order valence-corrected chi connectivity index (χ3v) is 6.97. The molecule has 0 fully saturated rings. The maximum atomic E-state index is 13.9. The number of halogens is 2. The van der Waals surface area contributed by atoms with Crippen LogP contribution in [0, 0.1) is 25.5 Å². The van der Waals surface area contributed by atoms with Gasteiger partial charge in [0.05, 0.1) is 19.3 Å². The zero-order chi connectivity index (χ0) is 30.2. The Kier molecular flexibility index (Phi) is 10.2. The topological polar surface area (TPSA) is 87.7 Å². The molecule has 218 valence electrons. The molecule has 0 aliphatic heterocycles. The van der Waals surface area contributed by atoms with Crippen molar-refractivity contribution in [2.24, 2.45) is 0 Å². The van der Waals surface area contributed by atoms with E-state index in [1.54, 1.807) is 38.3 Å². The second kappa shape index (κ2) is 14.0. The van der Waals surface area contributed by atoms with Crippen molar-refractivity contribution in [3.63, 3.8) is 0 Å². The van der Waals surface area contributed by atoms with E-state index in [2.05, 4.69) is 10.6 Å². The van der Waals surface area contributed by atoms with Gasteiger partial charge in [-0.05, 0) is 85.0 Å². The van der Waals surface area contributed by atoms with Crippen LogP contribution >= 0.6 is 0 Å². The molecule has 0 aliphatic carbocycles. The molecular formula is C34H34F2N2O4. The third kappa shape index (κ3) is 8.09. The predicted molar refractivity (Wildman–Crippen MR) is 158 cm³/mol. The normalized spacial score (nSPS) is 12.4. The van der Waals surface area contributed by atoms with Crippen LogP contribution in [-0.4, -0.2) is 42.6 Å². The van der Waals surface area contributed by atoms with Crippen LogP contribution in [0.25, 0.3) is 0 Å². The number of methoxy groups -OCH3 is 1. The molecule has 42 heavy (non-hydrogen) atoms. The maximum Gasteiger partial charge on any atom is 0.251 e. The second-order valence-corrected chi connectivity index (χ2v) is 10.3. The highest BCUT2D eigenvalue weighted by Gasteiger charge is 2.24. The van der Waals surface area contributed by atoms with Crippen LogP contribution in [0.2, 0.25) is 0 Å². The molecule has 8 heteroatoms. The summed E-state index contributed by atoms with van der Waals surface area (Å²) >= 11 is 0. The number of hydrogen-bond acceptors (Lipinski definition) is 5. The number of ketones is 1. The molecule has 3 N–H and O–H groups in total. The summed E-state index contributed by atoms with van der Waals surface area (Å²) < 4.78 is 33.1. The minimum atomic E-state index is -1.11. The molecule has 4 aromatic carbocycles. The van der Waals surface area contributed by atoms with Gasteiger partial charge in [-0.15, -0.1) is 0 Å². The Labute approximate surface area is 244 Å². The zero-order valence-corrected chi connectivity index (χ0v) is 23.8. The first-order valence-corrected chi connectivity index (χ1v) is 13.6. The Hall–Kier alpha value is -4.40. The number of rotatable bonds is 12. The molecule has 0 radical (unpaired) electrons. The largest absolute Gasteiger partial charge is 0.497 e. The fourth-order valence-corrected chi connectivity index (χ4v) is 4.84. The van der Waals surface area contributed by atoms with E-state index < -0.39 is 29.7 Å². The third-order valence-electron chi connectivity index (χ3n) is 6.97. The Bertz CT molecular complexity index is 1550. The van der Waals surface area contributed by atoms with Gasteiger partial charge in [-0.25, -0.2) is 8.78 Å². The summed E-state index contributed by atoms with van der Waals surface area (Å²) in [7, 11) is 1.58. The molecule has 0 unspecified atom stereocenters. The van der Waals surface area contributed by atoms with Gasteiger partial charge in [0.15, 0.2) is 5.78 Å². The van der Waals surface area contributed by atoms with E-state index in [-0.39, 0.29) is 29.9 Å². The van der Waals surface area contributed by atoms with Crippen LogP contribution in [0.5, 0.6) is 5.75 Å². The van der Waals surface area contributed by atoms with Gasteiger partial charge >= 0.3 is 0 Å². The van der Waals surface area contributed by atoms with Gasteiger partial charge in [0.2, 0.25) is 0 Å². The number of aliphatic hydroxyl groups excluding tert-OH is 1. The minimum absolute atomic E-state index is 0.0246. The summed E-state index contributed by atoms with van der Waals surface area (Å²) in [5.74, 6) is -1.53. The Morgan fingerprint density at radius 1 is 0.857 bits per heavy atom. The Balaban J connectivity index is 1.54. The monoisotopic (exact) mass is 572 g/mol. The van der Waals surface area contributed by atoms with Crippen LogP contribution in [0.4, 0.5) is 8.78 Å². The van der Waals surface area contributed by atoms with Crippen molar-refractivity contribution in [1.82, 2.24) is 10.6 Å². The molecule has 0 heterocycles. The van der Waals surface area contributed by atoms with Crippen LogP contribution in [0.15, 0.2) is 84.9 Å². The zero-order valence-electron chi connectivity index (χ0n) is 23.8. The van der Waals surface area contributed by atoms with Gasteiger partial charge in [-0.1, -0.05) is 36.4 Å². The standard InChI is InChI=1S/C34H34F2N2O4/c1-21-11-25(33(40)30-10-5-4-7-22(30)2)17-26(12-21)34(41)38-31(16-24-13-27(35)18-28(36)14-24)32(39)20-37-19-23-8-6-9-29(15-23)42-3/h4-15,17-18,31-32,37,39H,16,19-20H2,1-3H3,(H,38,41)/t31-,32+/m0/s1. The van der Waals surface area contributed by atoms with Crippen molar-refractivity contribution in [3.05, 3.63) is 136 Å². The van der Waals surface area contributed by atoms with Crippen LogP contribution in [0.3, 0.4) is 0 Å². The first-order valence-electron chi connectivity index (χ1n) is 13.6. The van der Waals surface area contributed by atoms with E-state index in [4.69, 9.17) is 4.74 Å². The van der Waals surface area contributed by atoms with E-state index in [0.29, 0.717) is 29.0 Å². The molecule has 0 aromatic heterocycles. The number of ether oxygens (including phenoxy) is 1. The Morgan fingerprint density at radius 3 is 2.29 bits per heavy atom. The predicted octanol–water partition coefficient (Wildman–Crippen LogP) is 5.31. The number of carbonyl (C=O) groups excluding carboxylic acids is 2. The number of carbonyl (C=O) groups is 2. The number of nitrogens with one attached hydrogen (secondary N) is 2. The summed E-state index contributed by atoms with van der Waals surface area (Å²) in [4.78, 5) is 26.7. The lowest BCUT2D eigenvalue weighted by atomic mass is 9.95. The molecule has 4 aromatic rings. The molecule has 1 amide bonds. The fourth-order valence-electron chi connectivity index (χ4n) is 4.84. The van der Waals surface area contributed by atoms with Gasteiger partial charge in [0.25, 0.3) is 5.91 Å². The summed E-state index contributed by atoms with van der Waals surface area (Å²) in [6.07, 6.45) is -1.13. The molecule has 0 saturated heterocycles. The maximum absolute atomic E-state index is 13.9. The van der Waals surface area contributed by atoms with Crippen LogP contribution in [0.1, 0.15) is 48.5 Å². The van der Waals surface area contributed by atoms with E-state index in [9.17, 15) is 23.5 Å². The molecule has 4 rings (SSSR count). The van der Waals surface area contributed by atoms with E-state index >= 15 is 0 Å². The summed E-state index contributed by atoms with van der Waals surface area (Å²) in [5.41, 5.74) is 3.88. The average molecular weight is 573 g/mol. The highest BCUT2D eigenvalue weighted by atomic mass is 19.1. The Morgan fingerprint density at radius 2 is 1.57 bits per heavy atom. The van der Waals surface area contributed by atoms with Crippen molar-refractivity contribution in [1.29, 1.82) is 0 Å². The van der Waals surface area contributed by atoms with Gasteiger partial charge < -0.3 is 20.5 Å². The van der Waals surface area contributed by atoms with E-state index in [1.807, 2.05) is 43.3 Å². The fraction of sp³-hybridized carbons (Fsp3) is 0.235. The average Bonchev–Trinajstić information content (AvgIpc) is 2.96. The molecule has 2 atom stereocenters. The molecule has 0 saturated carbocycles. The second-order valence-electron chi connectivity index (χ2n) is 10.3. The SMILES string of the molecule is COc1cccc(CNC[C@@H](O)[C@H](Cc2cc(F)cc(F)c2)NC(=O)c2cc(C)cc(C(=O)c3ccccc3C)c2)c1. The van der Waals surface area contributed by atoms with Crippen LogP contribution in [-0.2, 0) is 13.0 Å². The molecule has 6 nitrogen and oxygen atoms in total. The first kappa shape index (κ1) is 30.6.